The Kier molecular flexibility index (Phi) is 4.60. The van der Waals surface area contributed by atoms with E-state index in [0.29, 0.717) is 10.5 Å². The van der Waals surface area contributed by atoms with Crippen molar-refractivity contribution >= 4 is 17.4 Å². The molecule has 2 aromatic rings. The van der Waals surface area contributed by atoms with Gasteiger partial charge in [-0.3, -0.25) is 10.1 Å². The lowest BCUT2D eigenvalue weighted by Gasteiger charge is -2.05. The van der Waals surface area contributed by atoms with Gasteiger partial charge in [-0.15, -0.1) is 0 Å². The van der Waals surface area contributed by atoms with E-state index < -0.39 is 4.92 Å². The number of hydrogen-bond donors (Lipinski definition) is 1. The van der Waals surface area contributed by atoms with E-state index in [4.69, 9.17) is 9.84 Å². The average molecular weight is 291 g/mol. The van der Waals surface area contributed by atoms with Gasteiger partial charge >= 0.3 is 0 Å². The highest BCUT2D eigenvalue weighted by Crippen LogP contribution is 2.35. The van der Waals surface area contributed by atoms with Crippen LogP contribution in [0.3, 0.4) is 0 Å². The summed E-state index contributed by atoms with van der Waals surface area (Å²) in [5.74, 6) is 0.736. The molecular weight excluding hydrogens is 278 g/mol. The van der Waals surface area contributed by atoms with Gasteiger partial charge in [0.15, 0.2) is 0 Å². The molecule has 0 saturated heterocycles. The van der Waals surface area contributed by atoms with Crippen molar-refractivity contribution in [3.05, 3.63) is 58.1 Å². The van der Waals surface area contributed by atoms with Crippen LogP contribution < -0.4 is 4.74 Å². The van der Waals surface area contributed by atoms with Crippen LogP contribution in [-0.4, -0.2) is 17.1 Å². The lowest BCUT2D eigenvalue weighted by Crippen LogP contribution is -1.93. The molecule has 2 rings (SSSR count). The zero-order valence-corrected chi connectivity index (χ0v) is 11.6. The largest absolute Gasteiger partial charge is 0.497 e. The normalized spacial score (nSPS) is 10.3. The molecule has 0 bridgehead atoms. The third kappa shape index (κ3) is 3.28. The molecule has 0 saturated carbocycles. The first kappa shape index (κ1) is 14.4. The molecule has 0 aliphatic rings. The fourth-order valence-corrected chi connectivity index (χ4v) is 2.56. The second kappa shape index (κ2) is 6.40. The fourth-order valence-electron chi connectivity index (χ4n) is 1.66. The van der Waals surface area contributed by atoms with Crippen molar-refractivity contribution in [3.63, 3.8) is 0 Å². The van der Waals surface area contributed by atoms with Crippen LogP contribution in [0.4, 0.5) is 5.69 Å². The van der Waals surface area contributed by atoms with E-state index in [1.807, 2.05) is 12.1 Å². The van der Waals surface area contributed by atoms with Crippen molar-refractivity contribution < 1.29 is 14.8 Å². The Bertz CT molecular complexity index is 613. The topological polar surface area (TPSA) is 72.6 Å². The van der Waals surface area contributed by atoms with Crippen LogP contribution in [0.2, 0.25) is 0 Å². The lowest BCUT2D eigenvalue weighted by molar-refractivity contribution is -0.387. The first-order valence-electron chi connectivity index (χ1n) is 5.84. The number of rotatable bonds is 5. The molecule has 0 atom stereocenters. The number of ether oxygens (including phenoxy) is 1. The molecular formula is C14H13NO4S. The smallest absolute Gasteiger partial charge is 0.283 e. The monoisotopic (exact) mass is 291 g/mol. The van der Waals surface area contributed by atoms with Gasteiger partial charge in [-0.25, -0.2) is 0 Å². The van der Waals surface area contributed by atoms with Crippen LogP contribution in [0.15, 0.2) is 52.3 Å². The molecule has 0 aliphatic carbocycles. The van der Waals surface area contributed by atoms with Crippen molar-refractivity contribution in [2.75, 3.05) is 7.11 Å². The van der Waals surface area contributed by atoms with E-state index in [0.717, 1.165) is 10.6 Å². The summed E-state index contributed by atoms with van der Waals surface area (Å²) in [6, 6.07) is 12.0. The average Bonchev–Trinajstić information content (AvgIpc) is 2.48. The maximum absolute atomic E-state index is 11.1. The number of aliphatic hydroxyl groups excluding tert-OH is 1. The zero-order valence-electron chi connectivity index (χ0n) is 10.8. The zero-order chi connectivity index (χ0) is 14.5. The molecule has 5 nitrogen and oxygen atoms in total. The molecule has 0 aliphatic heterocycles. The van der Waals surface area contributed by atoms with Crippen LogP contribution in [0.25, 0.3) is 0 Å². The minimum atomic E-state index is -0.439. The van der Waals surface area contributed by atoms with Gasteiger partial charge in [-0.2, -0.15) is 0 Å². The predicted molar refractivity (Wildman–Crippen MR) is 76.1 cm³/mol. The first-order valence-corrected chi connectivity index (χ1v) is 6.66. The van der Waals surface area contributed by atoms with Gasteiger partial charge in [0, 0.05) is 11.0 Å². The van der Waals surface area contributed by atoms with Gasteiger partial charge in [-0.05, 0) is 35.9 Å². The fraction of sp³-hybridized carbons (Fsp3) is 0.143. The summed E-state index contributed by atoms with van der Waals surface area (Å²) in [7, 11) is 1.58. The van der Waals surface area contributed by atoms with Gasteiger partial charge in [0.2, 0.25) is 0 Å². The highest BCUT2D eigenvalue weighted by Gasteiger charge is 2.15. The number of aliphatic hydroxyl groups is 1. The second-order valence-electron chi connectivity index (χ2n) is 3.99. The third-order valence-corrected chi connectivity index (χ3v) is 3.76. The number of hydrogen-bond acceptors (Lipinski definition) is 5. The van der Waals surface area contributed by atoms with Gasteiger partial charge < -0.3 is 9.84 Å². The van der Waals surface area contributed by atoms with Crippen LogP contribution in [0.5, 0.6) is 5.75 Å². The summed E-state index contributed by atoms with van der Waals surface area (Å²) in [5.41, 5.74) is 0.521. The molecule has 0 heterocycles. The Hall–Kier alpha value is -2.05. The Morgan fingerprint density at radius 2 is 1.95 bits per heavy atom. The van der Waals surface area contributed by atoms with Gasteiger partial charge in [0.25, 0.3) is 5.69 Å². The van der Waals surface area contributed by atoms with E-state index in [-0.39, 0.29) is 12.3 Å². The van der Waals surface area contributed by atoms with E-state index in [1.165, 1.54) is 17.8 Å². The second-order valence-corrected chi connectivity index (χ2v) is 5.11. The van der Waals surface area contributed by atoms with E-state index in [1.54, 1.807) is 31.4 Å². The highest BCUT2D eigenvalue weighted by molar-refractivity contribution is 7.99. The van der Waals surface area contributed by atoms with Crippen molar-refractivity contribution in [2.24, 2.45) is 0 Å². The maximum Gasteiger partial charge on any atom is 0.283 e. The van der Waals surface area contributed by atoms with E-state index >= 15 is 0 Å². The SMILES string of the molecule is COc1ccc(Sc2ccc(CO)cc2[N+](=O)[O-])cc1. The number of nitrogens with zero attached hydrogens (tertiary/aromatic N) is 1. The number of methoxy groups -OCH3 is 1. The van der Waals surface area contributed by atoms with Crippen LogP contribution in [0.1, 0.15) is 5.56 Å². The molecule has 2 aromatic carbocycles. The van der Waals surface area contributed by atoms with Crippen molar-refractivity contribution in [2.45, 2.75) is 16.4 Å². The molecule has 0 amide bonds. The molecule has 0 unspecified atom stereocenters. The highest BCUT2D eigenvalue weighted by atomic mass is 32.2. The van der Waals surface area contributed by atoms with Crippen LogP contribution >= 0.6 is 11.8 Å². The maximum atomic E-state index is 11.1. The summed E-state index contributed by atoms with van der Waals surface area (Å²) in [5, 5.41) is 20.1. The minimum Gasteiger partial charge on any atom is -0.497 e. The molecule has 0 aromatic heterocycles. The van der Waals surface area contributed by atoms with E-state index in [2.05, 4.69) is 0 Å². The van der Waals surface area contributed by atoms with Crippen LogP contribution in [0, 0.1) is 10.1 Å². The molecule has 104 valence electrons. The first-order chi connectivity index (χ1) is 9.63. The summed E-state index contributed by atoms with van der Waals surface area (Å²) in [4.78, 5) is 12.1. The summed E-state index contributed by atoms with van der Waals surface area (Å²) in [6.45, 7) is -0.214. The number of nitro groups is 1. The Morgan fingerprint density at radius 1 is 1.25 bits per heavy atom. The minimum absolute atomic E-state index is 0.00244. The Balaban J connectivity index is 2.29. The number of benzene rings is 2. The molecule has 0 radical (unpaired) electrons. The predicted octanol–water partition coefficient (Wildman–Crippen LogP) is 3.25. The van der Waals surface area contributed by atoms with Crippen LogP contribution in [-0.2, 0) is 6.61 Å². The van der Waals surface area contributed by atoms with Crippen molar-refractivity contribution in [1.29, 1.82) is 0 Å². The van der Waals surface area contributed by atoms with Gasteiger partial charge in [0.05, 0.1) is 23.5 Å². The third-order valence-electron chi connectivity index (χ3n) is 2.69. The molecule has 20 heavy (non-hydrogen) atoms. The Morgan fingerprint density at radius 3 is 2.50 bits per heavy atom. The van der Waals surface area contributed by atoms with Crippen molar-refractivity contribution in [1.82, 2.24) is 0 Å². The Labute approximate surface area is 120 Å². The standard InChI is InChI=1S/C14H13NO4S/c1-19-11-3-5-12(6-4-11)20-14-7-2-10(9-16)8-13(14)15(17)18/h2-8,16H,9H2,1H3. The summed E-state index contributed by atoms with van der Waals surface area (Å²) < 4.78 is 5.07. The quantitative estimate of drug-likeness (QED) is 0.676. The van der Waals surface area contributed by atoms with E-state index in [9.17, 15) is 10.1 Å². The summed E-state index contributed by atoms with van der Waals surface area (Å²) in [6.07, 6.45) is 0. The number of nitro benzene ring substituents is 1. The molecule has 0 spiro atoms. The lowest BCUT2D eigenvalue weighted by atomic mass is 10.2. The van der Waals surface area contributed by atoms with Gasteiger partial charge in [-0.1, -0.05) is 17.8 Å². The summed E-state index contributed by atoms with van der Waals surface area (Å²) >= 11 is 1.30. The van der Waals surface area contributed by atoms with Crippen molar-refractivity contribution in [3.8, 4) is 5.75 Å². The van der Waals surface area contributed by atoms with Gasteiger partial charge in [0.1, 0.15) is 5.75 Å². The molecule has 6 heteroatoms. The molecule has 0 fully saturated rings. The molecule has 1 N–H and O–H groups in total.